The first kappa shape index (κ1) is 14.6. The molecule has 0 unspecified atom stereocenters. The van der Waals surface area contributed by atoms with Gasteiger partial charge in [0.15, 0.2) is 5.69 Å². The molecule has 0 bridgehead atoms. The number of ether oxygens (including phenoxy) is 1. The van der Waals surface area contributed by atoms with Gasteiger partial charge in [-0.15, -0.1) is 0 Å². The minimum atomic E-state index is -0.598. The Morgan fingerprint density at radius 2 is 2.00 bits per heavy atom. The summed E-state index contributed by atoms with van der Waals surface area (Å²) in [6.07, 6.45) is 1.50. The molecule has 7 heteroatoms. The van der Waals surface area contributed by atoms with Gasteiger partial charge in [0, 0.05) is 19.2 Å². The summed E-state index contributed by atoms with van der Waals surface area (Å²) < 4.78 is 6.63. The molecular formula is C14H16N4O3. The van der Waals surface area contributed by atoms with E-state index in [0.29, 0.717) is 12.2 Å². The number of hydrogen-bond donors (Lipinski definition) is 2. The number of primary amides is 1. The third-order valence-corrected chi connectivity index (χ3v) is 2.86. The molecule has 0 spiro atoms. The Hall–Kier alpha value is -2.83. The van der Waals surface area contributed by atoms with E-state index in [4.69, 9.17) is 10.5 Å². The third-order valence-electron chi connectivity index (χ3n) is 2.86. The fourth-order valence-electron chi connectivity index (χ4n) is 1.97. The van der Waals surface area contributed by atoms with Crippen molar-refractivity contribution in [2.45, 2.75) is 13.5 Å². The first-order chi connectivity index (χ1) is 10.0. The van der Waals surface area contributed by atoms with Crippen LogP contribution in [0.3, 0.4) is 0 Å². The molecule has 2 amide bonds. The standard InChI is InChI=1S/C14H16N4O3/c1-9(19)17-11-5-3-10(4-6-11)7-18-8-16-14(21-2)12(18)13(15)20/h3-6,8H,7H2,1-2H3,(H2,15,20)(H,17,19). The minimum Gasteiger partial charge on any atom is -0.479 e. The SMILES string of the molecule is COc1ncn(Cc2ccc(NC(C)=O)cc2)c1C(N)=O. The van der Waals surface area contributed by atoms with E-state index in [1.54, 1.807) is 16.7 Å². The smallest absolute Gasteiger partial charge is 0.271 e. The monoisotopic (exact) mass is 288 g/mol. The largest absolute Gasteiger partial charge is 0.479 e. The lowest BCUT2D eigenvalue weighted by atomic mass is 10.2. The lowest BCUT2D eigenvalue weighted by Crippen LogP contribution is -2.18. The molecule has 2 aromatic rings. The normalized spacial score (nSPS) is 10.2. The van der Waals surface area contributed by atoms with Crippen LogP contribution in [0, 0.1) is 0 Å². The second kappa shape index (κ2) is 6.08. The van der Waals surface area contributed by atoms with Gasteiger partial charge in [-0.1, -0.05) is 12.1 Å². The maximum absolute atomic E-state index is 11.5. The van der Waals surface area contributed by atoms with E-state index in [9.17, 15) is 9.59 Å². The predicted molar refractivity (Wildman–Crippen MR) is 77.1 cm³/mol. The summed E-state index contributed by atoms with van der Waals surface area (Å²) in [7, 11) is 1.43. The third kappa shape index (κ3) is 3.38. The Bertz CT molecular complexity index is 661. The zero-order valence-corrected chi connectivity index (χ0v) is 11.8. The Balaban J connectivity index is 2.20. The molecule has 0 atom stereocenters. The maximum atomic E-state index is 11.5. The second-order valence-electron chi connectivity index (χ2n) is 4.47. The fourth-order valence-corrected chi connectivity index (χ4v) is 1.97. The zero-order chi connectivity index (χ0) is 15.4. The van der Waals surface area contributed by atoms with Gasteiger partial charge in [0.25, 0.3) is 5.91 Å². The summed E-state index contributed by atoms with van der Waals surface area (Å²) >= 11 is 0. The van der Waals surface area contributed by atoms with E-state index in [0.717, 1.165) is 5.56 Å². The van der Waals surface area contributed by atoms with Crippen molar-refractivity contribution >= 4 is 17.5 Å². The van der Waals surface area contributed by atoms with E-state index < -0.39 is 5.91 Å². The topological polar surface area (TPSA) is 99.2 Å². The molecule has 0 saturated heterocycles. The zero-order valence-electron chi connectivity index (χ0n) is 11.8. The highest BCUT2D eigenvalue weighted by Crippen LogP contribution is 2.17. The van der Waals surface area contributed by atoms with E-state index >= 15 is 0 Å². The molecule has 7 nitrogen and oxygen atoms in total. The second-order valence-corrected chi connectivity index (χ2v) is 4.47. The molecule has 0 aliphatic heterocycles. The lowest BCUT2D eigenvalue weighted by Gasteiger charge is -2.08. The van der Waals surface area contributed by atoms with Gasteiger partial charge in [0.05, 0.1) is 13.4 Å². The molecule has 1 heterocycles. The quantitative estimate of drug-likeness (QED) is 0.857. The number of amides is 2. The molecule has 0 fully saturated rings. The number of nitrogens with zero attached hydrogens (tertiary/aromatic N) is 2. The van der Waals surface area contributed by atoms with Gasteiger partial charge in [-0.25, -0.2) is 4.98 Å². The van der Waals surface area contributed by atoms with Gasteiger partial charge in [-0.05, 0) is 17.7 Å². The fraction of sp³-hybridized carbons (Fsp3) is 0.214. The summed E-state index contributed by atoms with van der Waals surface area (Å²) in [6, 6.07) is 7.27. The van der Waals surface area contributed by atoms with Crippen molar-refractivity contribution in [3.8, 4) is 5.88 Å². The van der Waals surface area contributed by atoms with Gasteiger partial charge in [0.2, 0.25) is 11.8 Å². The number of carbonyl (C=O) groups excluding carboxylic acids is 2. The number of nitrogens with two attached hydrogens (primary N) is 1. The molecule has 1 aromatic carbocycles. The summed E-state index contributed by atoms with van der Waals surface area (Å²) in [5.74, 6) is -0.519. The molecule has 3 N–H and O–H groups in total. The van der Waals surface area contributed by atoms with Crippen LogP contribution in [0.2, 0.25) is 0 Å². The molecule has 1 aromatic heterocycles. The van der Waals surface area contributed by atoms with Crippen LogP contribution in [0.4, 0.5) is 5.69 Å². The predicted octanol–water partition coefficient (Wildman–Crippen LogP) is 0.997. The Morgan fingerprint density at radius 3 is 2.52 bits per heavy atom. The van der Waals surface area contributed by atoms with Crippen LogP contribution >= 0.6 is 0 Å². The molecular weight excluding hydrogens is 272 g/mol. The van der Waals surface area contributed by atoms with Gasteiger partial charge >= 0.3 is 0 Å². The molecule has 0 aliphatic rings. The van der Waals surface area contributed by atoms with Crippen LogP contribution < -0.4 is 15.8 Å². The molecule has 21 heavy (non-hydrogen) atoms. The number of nitrogens with one attached hydrogen (secondary N) is 1. The Kier molecular flexibility index (Phi) is 4.22. The molecule has 0 saturated carbocycles. The summed E-state index contributed by atoms with van der Waals surface area (Å²) in [5, 5.41) is 2.69. The van der Waals surface area contributed by atoms with E-state index in [2.05, 4.69) is 10.3 Å². The van der Waals surface area contributed by atoms with Crippen LogP contribution in [0.25, 0.3) is 0 Å². The summed E-state index contributed by atoms with van der Waals surface area (Å²) in [6.45, 7) is 1.87. The van der Waals surface area contributed by atoms with Crippen LogP contribution in [0.1, 0.15) is 23.0 Å². The van der Waals surface area contributed by atoms with Crippen molar-refractivity contribution in [3.63, 3.8) is 0 Å². The van der Waals surface area contributed by atoms with Crippen molar-refractivity contribution in [3.05, 3.63) is 41.9 Å². The first-order valence-electron chi connectivity index (χ1n) is 6.26. The van der Waals surface area contributed by atoms with Crippen LogP contribution in [0.15, 0.2) is 30.6 Å². The van der Waals surface area contributed by atoms with E-state index in [1.807, 2.05) is 12.1 Å². The highest BCUT2D eigenvalue weighted by atomic mass is 16.5. The van der Waals surface area contributed by atoms with Crippen molar-refractivity contribution < 1.29 is 14.3 Å². The molecule has 2 rings (SSSR count). The minimum absolute atomic E-state index is 0.127. The Morgan fingerprint density at radius 1 is 1.33 bits per heavy atom. The average molecular weight is 288 g/mol. The van der Waals surface area contributed by atoms with Crippen molar-refractivity contribution in [2.75, 3.05) is 12.4 Å². The Labute approximate surface area is 121 Å². The highest BCUT2D eigenvalue weighted by molar-refractivity contribution is 5.93. The van der Waals surface area contributed by atoms with Crippen molar-refractivity contribution in [2.24, 2.45) is 5.73 Å². The summed E-state index contributed by atoms with van der Waals surface area (Å²) in [5.41, 5.74) is 7.22. The van der Waals surface area contributed by atoms with E-state index in [-0.39, 0.29) is 17.5 Å². The van der Waals surface area contributed by atoms with Crippen LogP contribution in [-0.2, 0) is 11.3 Å². The van der Waals surface area contributed by atoms with Crippen molar-refractivity contribution in [1.82, 2.24) is 9.55 Å². The van der Waals surface area contributed by atoms with Gasteiger partial charge in [-0.2, -0.15) is 0 Å². The average Bonchev–Trinajstić information content (AvgIpc) is 2.83. The number of anilines is 1. The van der Waals surface area contributed by atoms with Gasteiger partial charge < -0.3 is 20.4 Å². The summed E-state index contributed by atoms with van der Waals surface area (Å²) in [4.78, 5) is 26.4. The van der Waals surface area contributed by atoms with Gasteiger partial charge in [0.1, 0.15) is 0 Å². The first-order valence-corrected chi connectivity index (χ1v) is 6.26. The van der Waals surface area contributed by atoms with E-state index in [1.165, 1.54) is 20.4 Å². The number of methoxy groups -OCH3 is 1. The van der Waals surface area contributed by atoms with Crippen LogP contribution in [0.5, 0.6) is 5.88 Å². The van der Waals surface area contributed by atoms with Crippen LogP contribution in [-0.4, -0.2) is 28.5 Å². The molecule has 110 valence electrons. The number of benzene rings is 1. The van der Waals surface area contributed by atoms with Crippen molar-refractivity contribution in [1.29, 1.82) is 0 Å². The number of aromatic nitrogens is 2. The molecule has 0 radical (unpaired) electrons. The maximum Gasteiger partial charge on any atom is 0.271 e. The highest BCUT2D eigenvalue weighted by Gasteiger charge is 2.16. The lowest BCUT2D eigenvalue weighted by molar-refractivity contribution is -0.114. The molecule has 0 aliphatic carbocycles. The number of imidazole rings is 1. The number of carbonyl (C=O) groups is 2. The number of rotatable bonds is 5. The number of hydrogen-bond acceptors (Lipinski definition) is 4. The van der Waals surface area contributed by atoms with Gasteiger partial charge in [-0.3, -0.25) is 9.59 Å².